The van der Waals surface area contributed by atoms with Gasteiger partial charge in [0.05, 0.1) is 0 Å². The molecular weight excluding hydrogens is 405 g/mol. The minimum absolute atomic E-state index is 0.873. The Kier molecular flexibility index (Phi) is 23.7. The lowest BCUT2D eigenvalue weighted by molar-refractivity contribution is -0.117. The van der Waals surface area contributed by atoms with Gasteiger partial charge in [-0.2, -0.15) is 0 Å². The summed E-state index contributed by atoms with van der Waals surface area (Å²) in [5, 5.41) is 1.51. The second-order valence-corrected chi connectivity index (χ2v) is 9.47. The van der Waals surface area contributed by atoms with E-state index < -0.39 is 25.7 Å². The van der Waals surface area contributed by atoms with Gasteiger partial charge in [0, 0.05) is 0 Å². The van der Waals surface area contributed by atoms with Crippen LogP contribution in [0.1, 0.15) is 110 Å². The van der Waals surface area contributed by atoms with E-state index in [0.29, 0.717) is 0 Å². The van der Waals surface area contributed by atoms with Gasteiger partial charge in [-0.1, -0.05) is 103 Å². The first kappa shape index (κ1) is 31.2. The Balaban J connectivity index is 0. The minimum atomic E-state index is -4.40. The van der Waals surface area contributed by atoms with Crippen LogP contribution in [0.25, 0.3) is 0 Å². The van der Waals surface area contributed by atoms with Crippen molar-refractivity contribution in [3.8, 4) is 0 Å². The third-order valence-electron chi connectivity index (χ3n) is 4.67. The summed E-state index contributed by atoms with van der Waals surface area (Å²) >= 11 is 0. The summed E-state index contributed by atoms with van der Waals surface area (Å²) in [6, 6.07) is -1.14. The smallest absolute Gasteiger partial charge is 0.334 e. The molecule has 0 fully saturated rings. The molecule has 0 aliphatic heterocycles. The Bertz CT molecular complexity index is 442. The fourth-order valence-electron chi connectivity index (χ4n) is 3.06. The fourth-order valence-corrected chi connectivity index (χ4v) is 3.51. The molecule has 0 radical (unpaired) electrons. The number of imide groups is 1. The molecule has 0 aromatic rings. The average Bonchev–Trinajstić information content (AvgIpc) is 2.63. The number of hydrogen-bond acceptors (Lipinski definition) is 4. The van der Waals surface area contributed by atoms with Crippen LogP contribution in [0.5, 0.6) is 0 Å². The Labute approximate surface area is 183 Å². The van der Waals surface area contributed by atoms with E-state index in [4.69, 9.17) is 15.5 Å². The standard InChI is InChI=1S/C18H39N.C3H7N2O5P/c1-2-3-4-5-6-7-8-9-10-11-12-13-14-15-16-17-18-19;4-3(7)5-2(6)1-11(8,9)10/h2-19H2,1H3;1H2,(H2,8,9,10)(H3,4,5,6,7). The van der Waals surface area contributed by atoms with E-state index in [1.54, 1.807) is 0 Å². The van der Waals surface area contributed by atoms with Crippen molar-refractivity contribution in [3.05, 3.63) is 0 Å². The van der Waals surface area contributed by atoms with Crippen LogP contribution in [-0.2, 0) is 9.36 Å². The molecule has 0 unspecified atom stereocenters. The first-order valence-electron chi connectivity index (χ1n) is 11.6. The molecular formula is C21H46N3O5P. The van der Waals surface area contributed by atoms with Crippen molar-refractivity contribution >= 4 is 19.5 Å². The number of carbonyl (C=O) groups is 2. The van der Waals surface area contributed by atoms with Crippen LogP contribution in [0.3, 0.4) is 0 Å². The number of unbranched alkanes of at least 4 members (excludes halogenated alkanes) is 15. The van der Waals surface area contributed by atoms with Crippen molar-refractivity contribution < 1.29 is 23.9 Å². The summed E-state index contributed by atoms with van der Waals surface area (Å²) in [5.41, 5.74) is 9.97. The van der Waals surface area contributed by atoms with Crippen LogP contribution in [0.15, 0.2) is 0 Å². The highest BCUT2D eigenvalue weighted by atomic mass is 31.2. The van der Waals surface area contributed by atoms with Gasteiger partial charge in [0.15, 0.2) is 0 Å². The third kappa shape index (κ3) is 31.7. The van der Waals surface area contributed by atoms with Crippen molar-refractivity contribution in [1.29, 1.82) is 0 Å². The molecule has 0 aromatic heterocycles. The second-order valence-electron chi connectivity index (χ2n) is 7.83. The summed E-state index contributed by atoms with van der Waals surface area (Å²) in [5.74, 6) is -1.09. The van der Waals surface area contributed by atoms with E-state index in [9.17, 15) is 14.2 Å². The molecule has 3 amide bonds. The molecule has 9 heteroatoms. The Morgan fingerprint density at radius 3 is 1.33 bits per heavy atom. The highest BCUT2D eigenvalue weighted by Gasteiger charge is 2.19. The van der Waals surface area contributed by atoms with Gasteiger partial charge in [-0.15, -0.1) is 0 Å². The van der Waals surface area contributed by atoms with Gasteiger partial charge in [0.25, 0.3) is 0 Å². The predicted molar refractivity (Wildman–Crippen MR) is 123 cm³/mol. The maximum Gasteiger partial charge on any atom is 0.334 e. The molecule has 30 heavy (non-hydrogen) atoms. The van der Waals surface area contributed by atoms with E-state index in [2.05, 4.69) is 12.7 Å². The van der Waals surface area contributed by atoms with Crippen molar-refractivity contribution in [1.82, 2.24) is 5.32 Å². The Morgan fingerprint density at radius 2 is 1.07 bits per heavy atom. The van der Waals surface area contributed by atoms with Crippen LogP contribution in [0.2, 0.25) is 0 Å². The van der Waals surface area contributed by atoms with Gasteiger partial charge in [0.1, 0.15) is 6.16 Å². The summed E-state index contributed by atoms with van der Waals surface area (Å²) in [4.78, 5) is 36.7. The molecule has 8 nitrogen and oxygen atoms in total. The normalized spacial score (nSPS) is 10.9. The third-order valence-corrected chi connectivity index (χ3v) is 5.37. The zero-order valence-electron chi connectivity index (χ0n) is 18.9. The lowest BCUT2D eigenvalue weighted by Crippen LogP contribution is -2.36. The van der Waals surface area contributed by atoms with Crippen LogP contribution in [0.4, 0.5) is 4.79 Å². The quantitative estimate of drug-likeness (QED) is 0.152. The molecule has 0 atom stereocenters. The number of hydrogen-bond donors (Lipinski definition) is 5. The molecule has 0 heterocycles. The lowest BCUT2D eigenvalue weighted by atomic mass is 10.0. The van der Waals surface area contributed by atoms with Crippen molar-refractivity contribution in [2.75, 3.05) is 12.7 Å². The van der Waals surface area contributed by atoms with E-state index in [1.807, 2.05) is 0 Å². The minimum Gasteiger partial charge on any atom is -0.351 e. The van der Waals surface area contributed by atoms with E-state index in [-0.39, 0.29) is 0 Å². The molecule has 0 saturated carbocycles. The van der Waals surface area contributed by atoms with E-state index in [0.717, 1.165) is 6.54 Å². The van der Waals surface area contributed by atoms with Crippen LogP contribution >= 0.6 is 7.60 Å². The first-order valence-corrected chi connectivity index (χ1v) is 13.4. The van der Waals surface area contributed by atoms with Crippen LogP contribution in [-0.4, -0.2) is 34.4 Å². The van der Waals surface area contributed by atoms with Gasteiger partial charge < -0.3 is 21.3 Å². The fraction of sp³-hybridized carbons (Fsp3) is 0.905. The SMILES string of the molecule is CCCCCCCCCCCCCCCCCCN.NC(=O)NC(=O)CP(=O)(O)O. The number of carbonyl (C=O) groups excluding carboxylic acids is 2. The Hall–Kier alpha value is -0.950. The number of nitrogens with two attached hydrogens (primary N) is 2. The molecule has 0 bridgehead atoms. The van der Waals surface area contributed by atoms with E-state index >= 15 is 0 Å². The highest BCUT2D eigenvalue weighted by Crippen LogP contribution is 2.33. The number of rotatable bonds is 18. The zero-order chi connectivity index (χ0) is 23.1. The molecule has 0 aliphatic carbocycles. The molecule has 180 valence electrons. The van der Waals surface area contributed by atoms with Crippen LogP contribution < -0.4 is 16.8 Å². The summed E-state index contributed by atoms with van der Waals surface area (Å²) in [6.45, 7) is 3.16. The topological polar surface area (TPSA) is 156 Å². The second kappa shape index (κ2) is 22.7. The summed E-state index contributed by atoms with van der Waals surface area (Å²) in [7, 11) is -4.40. The maximum absolute atomic E-state index is 10.4. The van der Waals surface area contributed by atoms with Gasteiger partial charge in [-0.3, -0.25) is 14.7 Å². The predicted octanol–water partition coefficient (Wildman–Crippen LogP) is 4.57. The van der Waals surface area contributed by atoms with E-state index in [1.165, 1.54) is 108 Å². The lowest BCUT2D eigenvalue weighted by Gasteiger charge is -2.03. The first-order chi connectivity index (χ1) is 14.2. The Morgan fingerprint density at radius 1 is 0.733 bits per heavy atom. The van der Waals surface area contributed by atoms with Crippen molar-refractivity contribution in [2.45, 2.75) is 110 Å². The number of nitrogens with one attached hydrogen (secondary N) is 1. The number of primary amides is 1. The zero-order valence-corrected chi connectivity index (χ0v) is 19.8. The summed E-state index contributed by atoms with van der Waals surface area (Å²) in [6.07, 6.45) is 21.8. The van der Waals surface area contributed by atoms with Crippen molar-refractivity contribution in [3.63, 3.8) is 0 Å². The van der Waals surface area contributed by atoms with Gasteiger partial charge >= 0.3 is 13.6 Å². The highest BCUT2D eigenvalue weighted by molar-refractivity contribution is 7.52. The molecule has 0 saturated heterocycles. The summed E-state index contributed by atoms with van der Waals surface area (Å²) < 4.78 is 10.1. The van der Waals surface area contributed by atoms with Gasteiger partial charge in [-0.25, -0.2) is 4.79 Å². The largest absolute Gasteiger partial charge is 0.351 e. The average molecular weight is 452 g/mol. The molecule has 7 N–H and O–H groups in total. The van der Waals surface area contributed by atoms with Crippen LogP contribution in [0, 0.1) is 0 Å². The van der Waals surface area contributed by atoms with Gasteiger partial charge in [-0.05, 0) is 13.0 Å². The molecule has 0 rings (SSSR count). The number of amides is 3. The maximum atomic E-state index is 10.4. The molecule has 0 spiro atoms. The van der Waals surface area contributed by atoms with Crippen molar-refractivity contribution in [2.24, 2.45) is 11.5 Å². The number of urea groups is 1. The molecule has 0 aromatic carbocycles. The molecule has 0 aliphatic rings. The monoisotopic (exact) mass is 451 g/mol. The van der Waals surface area contributed by atoms with Gasteiger partial charge in [0.2, 0.25) is 5.91 Å².